The molecule has 18 heavy (non-hydrogen) atoms. The molecule has 2 rings (SSSR count). The van der Waals surface area contributed by atoms with Gasteiger partial charge in [-0.05, 0) is 44.7 Å². The zero-order chi connectivity index (χ0) is 13.2. The first-order valence-electron chi connectivity index (χ1n) is 6.74. The Balaban J connectivity index is 2.27. The highest BCUT2D eigenvalue weighted by Crippen LogP contribution is 2.32. The van der Waals surface area contributed by atoms with Crippen LogP contribution in [0.1, 0.15) is 32.3 Å². The van der Waals surface area contributed by atoms with Crippen LogP contribution >= 0.6 is 0 Å². The van der Waals surface area contributed by atoms with E-state index in [2.05, 4.69) is 42.7 Å². The third-order valence-electron chi connectivity index (χ3n) is 4.07. The Morgan fingerprint density at radius 3 is 2.94 bits per heavy atom. The highest BCUT2D eigenvalue weighted by atomic mass is 16.3. The van der Waals surface area contributed by atoms with Crippen LogP contribution < -0.4 is 4.90 Å². The van der Waals surface area contributed by atoms with Gasteiger partial charge in [-0.1, -0.05) is 24.3 Å². The molecule has 1 aliphatic heterocycles. The standard InChI is InChI=1S/C16H23NO/c1-4-11-16(3,18)13(2)17-12-7-9-14-8-5-6-10-15(14)17/h4-6,8,10,13,18H,1,7,9,11-12H2,2-3H3/t13-,16+/m1/s1. The van der Waals surface area contributed by atoms with Crippen LogP contribution in [0, 0.1) is 0 Å². The zero-order valence-electron chi connectivity index (χ0n) is 11.4. The van der Waals surface area contributed by atoms with Crippen LogP contribution in [0.15, 0.2) is 36.9 Å². The predicted molar refractivity (Wildman–Crippen MR) is 77.0 cm³/mol. The summed E-state index contributed by atoms with van der Waals surface area (Å²) in [6.07, 6.45) is 4.72. The summed E-state index contributed by atoms with van der Waals surface area (Å²) in [6.45, 7) is 8.76. The minimum atomic E-state index is -0.730. The highest BCUT2D eigenvalue weighted by molar-refractivity contribution is 5.56. The fraction of sp³-hybridized carbons (Fsp3) is 0.500. The quantitative estimate of drug-likeness (QED) is 0.824. The molecule has 2 heteroatoms. The summed E-state index contributed by atoms with van der Waals surface area (Å²) in [5.74, 6) is 0. The molecule has 0 radical (unpaired) electrons. The molecule has 1 aromatic carbocycles. The third kappa shape index (κ3) is 2.44. The molecule has 1 heterocycles. The summed E-state index contributed by atoms with van der Waals surface area (Å²) < 4.78 is 0. The van der Waals surface area contributed by atoms with Gasteiger partial charge >= 0.3 is 0 Å². The third-order valence-corrected chi connectivity index (χ3v) is 4.07. The van der Waals surface area contributed by atoms with E-state index in [9.17, 15) is 5.11 Å². The maximum absolute atomic E-state index is 10.5. The van der Waals surface area contributed by atoms with E-state index in [1.54, 1.807) is 6.08 Å². The summed E-state index contributed by atoms with van der Waals surface area (Å²) in [5, 5.41) is 10.5. The molecular formula is C16H23NO. The minimum Gasteiger partial charge on any atom is -0.388 e. The van der Waals surface area contributed by atoms with Crippen LogP contribution in [-0.4, -0.2) is 23.3 Å². The normalized spacial score (nSPS) is 19.8. The monoisotopic (exact) mass is 245 g/mol. The van der Waals surface area contributed by atoms with Crippen molar-refractivity contribution in [3.8, 4) is 0 Å². The molecule has 2 nitrogen and oxygen atoms in total. The molecule has 0 saturated heterocycles. The van der Waals surface area contributed by atoms with Gasteiger partial charge in [-0.2, -0.15) is 0 Å². The Morgan fingerprint density at radius 2 is 2.22 bits per heavy atom. The molecule has 1 aromatic rings. The molecule has 1 aliphatic rings. The van der Waals surface area contributed by atoms with E-state index in [1.807, 2.05) is 6.92 Å². The molecule has 0 amide bonds. The van der Waals surface area contributed by atoms with E-state index in [4.69, 9.17) is 0 Å². The van der Waals surface area contributed by atoms with Crippen molar-refractivity contribution in [2.45, 2.75) is 44.8 Å². The van der Waals surface area contributed by atoms with Crippen molar-refractivity contribution in [2.24, 2.45) is 0 Å². The number of anilines is 1. The number of benzene rings is 1. The summed E-state index contributed by atoms with van der Waals surface area (Å²) in [5.41, 5.74) is 1.94. The summed E-state index contributed by atoms with van der Waals surface area (Å²) >= 11 is 0. The lowest BCUT2D eigenvalue weighted by Crippen LogP contribution is -2.51. The van der Waals surface area contributed by atoms with Crippen molar-refractivity contribution in [1.29, 1.82) is 0 Å². The van der Waals surface area contributed by atoms with E-state index >= 15 is 0 Å². The smallest absolute Gasteiger partial charge is 0.0853 e. The van der Waals surface area contributed by atoms with Gasteiger partial charge in [-0.3, -0.25) is 0 Å². The second-order valence-electron chi connectivity index (χ2n) is 5.45. The van der Waals surface area contributed by atoms with Crippen LogP contribution in [0.5, 0.6) is 0 Å². The number of hydrogen-bond acceptors (Lipinski definition) is 2. The summed E-state index contributed by atoms with van der Waals surface area (Å²) in [6, 6.07) is 8.61. The maximum atomic E-state index is 10.5. The van der Waals surface area contributed by atoms with Crippen LogP contribution in [-0.2, 0) is 6.42 Å². The summed E-state index contributed by atoms with van der Waals surface area (Å²) in [4.78, 5) is 2.34. The molecule has 98 valence electrons. The predicted octanol–water partition coefficient (Wildman–Crippen LogP) is 3.15. The average Bonchev–Trinajstić information content (AvgIpc) is 2.37. The van der Waals surface area contributed by atoms with Crippen LogP contribution in [0.3, 0.4) is 0 Å². The first kappa shape index (κ1) is 13.2. The van der Waals surface area contributed by atoms with Gasteiger partial charge in [0.15, 0.2) is 0 Å². The average molecular weight is 245 g/mol. The zero-order valence-corrected chi connectivity index (χ0v) is 11.4. The topological polar surface area (TPSA) is 23.5 Å². The van der Waals surface area contributed by atoms with E-state index in [1.165, 1.54) is 11.3 Å². The van der Waals surface area contributed by atoms with E-state index in [0.29, 0.717) is 6.42 Å². The Hall–Kier alpha value is -1.28. The van der Waals surface area contributed by atoms with Crippen LogP contribution in [0.25, 0.3) is 0 Å². The van der Waals surface area contributed by atoms with Crippen molar-refractivity contribution in [1.82, 2.24) is 0 Å². The Morgan fingerprint density at radius 1 is 1.50 bits per heavy atom. The largest absolute Gasteiger partial charge is 0.388 e. The van der Waals surface area contributed by atoms with Crippen molar-refractivity contribution in [3.63, 3.8) is 0 Å². The number of hydrogen-bond donors (Lipinski definition) is 1. The first-order chi connectivity index (χ1) is 8.56. The number of nitrogens with zero attached hydrogens (tertiary/aromatic N) is 1. The van der Waals surface area contributed by atoms with E-state index in [-0.39, 0.29) is 6.04 Å². The van der Waals surface area contributed by atoms with Crippen molar-refractivity contribution < 1.29 is 5.11 Å². The van der Waals surface area contributed by atoms with Crippen LogP contribution in [0.2, 0.25) is 0 Å². The number of fused-ring (bicyclic) bond motifs is 1. The molecular weight excluding hydrogens is 222 g/mol. The number of aryl methyl sites for hydroxylation is 1. The lowest BCUT2D eigenvalue weighted by Gasteiger charge is -2.42. The molecule has 0 unspecified atom stereocenters. The second kappa shape index (κ2) is 5.15. The van der Waals surface area contributed by atoms with Crippen molar-refractivity contribution in [3.05, 3.63) is 42.5 Å². The van der Waals surface area contributed by atoms with Gasteiger partial charge in [0.2, 0.25) is 0 Å². The number of aliphatic hydroxyl groups is 1. The molecule has 0 aliphatic carbocycles. The first-order valence-corrected chi connectivity index (χ1v) is 6.74. The van der Waals surface area contributed by atoms with Crippen molar-refractivity contribution in [2.75, 3.05) is 11.4 Å². The maximum Gasteiger partial charge on any atom is 0.0853 e. The van der Waals surface area contributed by atoms with Gasteiger partial charge in [0.05, 0.1) is 11.6 Å². The molecule has 0 bridgehead atoms. The van der Waals surface area contributed by atoms with Gasteiger partial charge in [0.1, 0.15) is 0 Å². The summed E-state index contributed by atoms with van der Waals surface area (Å²) in [7, 11) is 0. The van der Waals surface area contributed by atoms with Gasteiger partial charge in [0.25, 0.3) is 0 Å². The molecule has 0 fully saturated rings. The van der Waals surface area contributed by atoms with Gasteiger partial charge < -0.3 is 10.0 Å². The van der Waals surface area contributed by atoms with Gasteiger partial charge in [-0.15, -0.1) is 6.58 Å². The van der Waals surface area contributed by atoms with Gasteiger partial charge in [-0.25, -0.2) is 0 Å². The Kier molecular flexibility index (Phi) is 3.76. The number of para-hydroxylation sites is 1. The molecule has 0 saturated carbocycles. The minimum absolute atomic E-state index is 0.0944. The number of rotatable bonds is 4. The second-order valence-corrected chi connectivity index (χ2v) is 5.45. The van der Waals surface area contributed by atoms with E-state index in [0.717, 1.165) is 19.4 Å². The lowest BCUT2D eigenvalue weighted by atomic mass is 9.90. The molecule has 0 aromatic heterocycles. The van der Waals surface area contributed by atoms with Crippen LogP contribution in [0.4, 0.5) is 5.69 Å². The molecule has 0 spiro atoms. The molecule has 2 atom stereocenters. The SMILES string of the molecule is C=CC[C@](C)(O)[C@@H](C)N1CCCc2ccccc21. The fourth-order valence-corrected chi connectivity index (χ4v) is 2.76. The highest BCUT2D eigenvalue weighted by Gasteiger charge is 2.33. The lowest BCUT2D eigenvalue weighted by molar-refractivity contribution is 0.0380. The van der Waals surface area contributed by atoms with E-state index < -0.39 is 5.60 Å². The fourth-order valence-electron chi connectivity index (χ4n) is 2.76. The van der Waals surface area contributed by atoms with Gasteiger partial charge in [0, 0.05) is 12.2 Å². The Labute approximate surface area is 110 Å². The van der Waals surface area contributed by atoms with Crippen molar-refractivity contribution >= 4 is 5.69 Å². The Bertz CT molecular complexity index is 425. The molecule has 1 N–H and O–H groups in total.